The largest absolute Gasteiger partial charge is 0.481 e. The Morgan fingerprint density at radius 3 is 2.30 bits per heavy atom. The first kappa shape index (κ1) is 15.1. The summed E-state index contributed by atoms with van der Waals surface area (Å²) in [4.78, 5) is 25.1. The number of piperidine rings is 1. The number of hydrogen-bond donors (Lipinski definition) is 2. The van der Waals surface area contributed by atoms with Crippen molar-refractivity contribution in [3.8, 4) is 0 Å². The van der Waals surface area contributed by atoms with E-state index in [1.165, 1.54) is 12.8 Å². The SMILES string of the molecule is CC1CCC(NC(=O)N2CC(C)CC(C(=O)O)C2)CC1. The third-order valence-corrected chi connectivity index (χ3v) is 4.64. The average molecular weight is 282 g/mol. The second-order valence-corrected chi connectivity index (χ2v) is 6.69. The fourth-order valence-corrected chi connectivity index (χ4v) is 3.37. The van der Waals surface area contributed by atoms with Crippen LogP contribution in [0.3, 0.4) is 0 Å². The van der Waals surface area contributed by atoms with E-state index in [9.17, 15) is 9.59 Å². The summed E-state index contributed by atoms with van der Waals surface area (Å²) in [6.45, 7) is 5.27. The lowest BCUT2D eigenvalue weighted by Gasteiger charge is -2.36. The van der Waals surface area contributed by atoms with Gasteiger partial charge in [-0.1, -0.05) is 13.8 Å². The zero-order valence-corrected chi connectivity index (χ0v) is 12.5. The van der Waals surface area contributed by atoms with Crippen LogP contribution in [0.15, 0.2) is 0 Å². The second-order valence-electron chi connectivity index (χ2n) is 6.69. The Morgan fingerprint density at radius 1 is 1.05 bits per heavy atom. The molecule has 1 aliphatic carbocycles. The molecule has 5 nitrogen and oxygen atoms in total. The molecule has 5 heteroatoms. The van der Waals surface area contributed by atoms with E-state index < -0.39 is 11.9 Å². The van der Waals surface area contributed by atoms with Gasteiger partial charge in [-0.2, -0.15) is 0 Å². The topological polar surface area (TPSA) is 69.6 Å². The molecule has 2 aliphatic rings. The zero-order valence-electron chi connectivity index (χ0n) is 12.5. The van der Waals surface area contributed by atoms with Crippen LogP contribution in [0, 0.1) is 17.8 Å². The van der Waals surface area contributed by atoms with Crippen molar-refractivity contribution in [1.29, 1.82) is 0 Å². The maximum Gasteiger partial charge on any atom is 0.317 e. The fourth-order valence-electron chi connectivity index (χ4n) is 3.37. The van der Waals surface area contributed by atoms with Crippen LogP contribution in [-0.2, 0) is 4.79 Å². The molecule has 2 N–H and O–H groups in total. The number of nitrogens with zero attached hydrogens (tertiary/aromatic N) is 1. The Bertz CT molecular complexity index is 364. The van der Waals surface area contributed by atoms with Gasteiger partial charge in [-0.3, -0.25) is 4.79 Å². The number of carboxylic acid groups (broad SMARTS) is 1. The fraction of sp³-hybridized carbons (Fsp3) is 0.867. The van der Waals surface area contributed by atoms with Gasteiger partial charge >= 0.3 is 12.0 Å². The highest BCUT2D eigenvalue weighted by Gasteiger charge is 2.32. The molecule has 0 aromatic heterocycles. The molecule has 0 aromatic carbocycles. The third kappa shape index (κ3) is 3.87. The summed E-state index contributed by atoms with van der Waals surface area (Å²) in [5.74, 6) is -0.201. The summed E-state index contributed by atoms with van der Waals surface area (Å²) in [7, 11) is 0. The number of rotatable bonds is 2. The van der Waals surface area contributed by atoms with Gasteiger partial charge in [0, 0.05) is 19.1 Å². The first-order valence-electron chi connectivity index (χ1n) is 7.74. The monoisotopic (exact) mass is 282 g/mol. The Morgan fingerprint density at radius 2 is 1.70 bits per heavy atom. The lowest BCUT2D eigenvalue weighted by atomic mass is 9.87. The Hall–Kier alpha value is -1.26. The van der Waals surface area contributed by atoms with Gasteiger partial charge in [0.25, 0.3) is 0 Å². The average Bonchev–Trinajstić information content (AvgIpc) is 2.40. The molecule has 1 saturated carbocycles. The summed E-state index contributed by atoms with van der Waals surface area (Å²) < 4.78 is 0. The number of carbonyl (C=O) groups is 2. The molecule has 1 heterocycles. The van der Waals surface area contributed by atoms with Crippen molar-refractivity contribution in [3.05, 3.63) is 0 Å². The Kier molecular flexibility index (Phi) is 4.89. The van der Waals surface area contributed by atoms with Crippen molar-refractivity contribution < 1.29 is 14.7 Å². The molecule has 114 valence electrons. The molecular weight excluding hydrogens is 256 g/mol. The molecule has 20 heavy (non-hydrogen) atoms. The van der Waals surface area contributed by atoms with Crippen LogP contribution in [0.2, 0.25) is 0 Å². The minimum atomic E-state index is -0.791. The molecule has 1 saturated heterocycles. The van der Waals surface area contributed by atoms with E-state index in [0.29, 0.717) is 19.5 Å². The molecule has 0 radical (unpaired) electrons. The summed E-state index contributed by atoms with van der Waals surface area (Å²) in [6.07, 6.45) is 5.08. The molecule has 0 bridgehead atoms. The van der Waals surface area contributed by atoms with Gasteiger partial charge in [-0.25, -0.2) is 4.79 Å². The quantitative estimate of drug-likeness (QED) is 0.816. The van der Waals surface area contributed by atoms with Gasteiger partial charge in [-0.15, -0.1) is 0 Å². The van der Waals surface area contributed by atoms with Crippen LogP contribution in [0.4, 0.5) is 4.79 Å². The molecule has 0 aromatic rings. The third-order valence-electron chi connectivity index (χ3n) is 4.64. The van der Waals surface area contributed by atoms with E-state index in [2.05, 4.69) is 12.2 Å². The minimum absolute atomic E-state index is 0.0812. The zero-order chi connectivity index (χ0) is 14.7. The van der Waals surface area contributed by atoms with Crippen molar-refractivity contribution >= 4 is 12.0 Å². The maximum absolute atomic E-state index is 12.3. The van der Waals surface area contributed by atoms with E-state index >= 15 is 0 Å². The number of amides is 2. The first-order chi connectivity index (χ1) is 9.45. The van der Waals surface area contributed by atoms with Crippen molar-refractivity contribution in [1.82, 2.24) is 10.2 Å². The normalized spacial score (nSPS) is 34.6. The number of carbonyl (C=O) groups excluding carboxylic acids is 1. The van der Waals surface area contributed by atoms with Gasteiger partial charge in [-0.05, 0) is 43.9 Å². The lowest BCUT2D eigenvalue weighted by Crippen LogP contribution is -2.52. The molecule has 1 aliphatic heterocycles. The predicted molar refractivity (Wildman–Crippen MR) is 76.4 cm³/mol. The number of aliphatic carboxylic acids is 1. The van der Waals surface area contributed by atoms with Crippen molar-refractivity contribution in [2.75, 3.05) is 13.1 Å². The van der Waals surface area contributed by atoms with Crippen LogP contribution in [0.1, 0.15) is 46.0 Å². The Labute approximate surface area is 120 Å². The highest BCUT2D eigenvalue weighted by Crippen LogP contribution is 2.25. The van der Waals surface area contributed by atoms with Gasteiger partial charge in [0.15, 0.2) is 0 Å². The highest BCUT2D eigenvalue weighted by molar-refractivity contribution is 5.76. The smallest absolute Gasteiger partial charge is 0.317 e. The summed E-state index contributed by atoms with van der Waals surface area (Å²) in [5, 5.41) is 12.2. The van der Waals surface area contributed by atoms with E-state index in [-0.39, 0.29) is 18.0 Å². The van der Waals surface area contributed by atoms with Crippen molar-refractivity contribution in [3.63, 3.8) is 0 Å². The minimum Gasteiger partial charge on any atom is -0.481 e. The van der Waals surface area contributed by atoms with Crippen LogP contribution < -0.4 is 5.32 Å². The number of hydrogen-bond acceptors (Lipinski definition) is 2. The van der Waals surface area contributed by atoms with Crippen LogP contribution in [0.5, 0.6) is 0 Å². The number of nitrogens with one attached hydrogen (secondary N) is 1. The Balaban J connectivity index is 1.86. The summed E-state index contributed by atoms with van der Waals surface area (Å²) in [6, 6.07) is 0.182. The molecular formula is C15H26N2O3. The maximum atomic E-state index is 12.3. The molecule has 2 fully saturated rings. The molecule has 2 unspecified atom stereocenters. The van der Waals surface area contributed by atoms with Crippen LogP contribution >= 0.6 is 0 Å². The standard InChI is InChI=1S/C15H26N2O3/c1-10-3-5-13(6-4-10)16-15(20)17-8-11(2)7-12(9-17)14(18)19/h10-13H,3-9H2,1-2H3,(H,16,20)(H,18,19). The van der Waals surface area contributed by atoms with E-state index in [1.54, 1.807) is 4.90 Å². The van der Waals surface area contributed by atoms with E-state index in [0.717, 1.165) is 18.8 Å². The first-order valence-corrected chi connectivity index (χ1v) is 7.74. The molecule has 2 rings (SSSR count). The summed E-state index contributed by atoms with van der Waals surface area (Å²) >= 11 is 0. The van der Waals surface area contributed by atoms with Gasteiger partial charge in [0.2, 0.25) is 0 Å². The van der Waals surface area contributed by atoms with Crippen molar-refractivity contribution in [2.45, 2.75) is 52.0 Å². The van der Waals surface area contributed by atoms with Gasteiger partial charge < -0.3 is 15.3 Å². The lowest BCUT2D eigenvalue weighted by molar-refractivity contribution is -0.143. The van der Waals surface area contributed by atoms with E-state index in [4.69, 9.17) is 5.11 Å². The molecule has 2 atom stereocenters. The van der Waals surface area contributed by atoms with Gasteiger partial charge in [0.1, 0.15) is 0 Å². The summed E-state index contributed by atoms with van der Waals surface area (Å²) in [5.41, 5.74) is 0. The number of carboxylic acids is 1. The van der Waals surface area contributed by atoms with Crippen molar-refractivity contribution in [2.24, 2.45) is 17.8 Å². The predicted octanol–water partition coefficient (Wildman–Crippen LogP) is 2.32. The van der Waals surface area contributed by atoms with Crippen LogP contribution in [0.25, 0.3) is 0 Å². The second kappa shape index (κ2) is 6.46. The highest BCUT2D eigenvalue weighted by atomic mass is 16.4. The number of likely N-dealkylation sites (tertiary alicyclic amines) is 1. The van der Waals surface area contributed by atoms with Crippen LogP contribution in [-0.4, -0.2) is 41.1 Å². The van der Waals surface area contributed by atoms with Gasteiger partial charge in [0.05, 0.1) is 5.92 Å². The molecule has 2 amide bonds. The molecule has 0 spiro atoms. The van der Waals surface area contributed by atoms with E-state index in [1.807, 2.05) is 6.92 Å². The number of urea groups is 1.